The van der Waals surface area contributed by atoms with Crippen LogP contribution in [-0.2, 0) is 11.3 Å². The van der Waals surface area contributed by atoms with Gasteiger partial charge in [-0.15, -0.1) is 0 Å². The number of nitrogens with zero attached hydrogens (tertiary/aromatic N) is 2. The van der Waals surface area contributed by atoms with Crippen molar-refractivity contribution in [2.24, 2.45) is 0 Å². The zero-order valence-corrected chi connectivity index (χ0v) is 12.6. The molecule has 0 aliphatic rings. The Kier molecular flexibility index (Phi) is 5.51. The summed E-state index contributed by atoms with van der Waals surface area (Å²) in [5, 5.41) is 12.3. The molecule has 1 unspecified atom stereocenters. The van der Waals surface area contributed by atoms with E-state index in [9.17, 15) is 18.3 Å². The monoisotopic (exact) mass is 327 g/mol. The number of hydrogen-bond donors (Lipinski definition) is 2. The highest BCUT2D eigenvalue weighted by molar-refractivity contribution is 5.40. The quantitative estimate of drug-likeness (QED) is 0.798. The lowest BCUT2D eigenvalue weighted by atomic mass is 10.1. The second kappa shape index (κ2) is 7.38. The van der Waals surface area contributed by atoms with Gasteiger partial charge in [0.25, 0.3) is 0 Å². The van der Waals surface area contributed by atoms with Gasteiger partial charge < -0.3 is 15.2 Å². The molecule has 0 aliphatic heterocycles. The molecule has 0 fully saturated rings. The molecule has 0 amide bonds. The largest absolute Gasteiger partial charge is 0.394 e. The molecule has 124 valence electrons. The predicted molar refractivity (Wildman–Crippen MR) is 77.2 cm³/mol. The topological polar surface area (TPSA) is 67.3 Å². The van der Waals surface area contributed by atoms with Crippen LogP contribution in [0.5, 0.6) is 0 Å². The highest BCUT2D eigenvalue weighted by Gasteiger charge is 2.18. The second-order valence-corrected chi connectivity index (χ2v) is 4.92. The summed E-state index contributed by atoms with van der Waals surface area (Å²) in [5.74, 6) is -3.42. The molecule has 1 atom stereocenters. The van der Waals surface area contributed by atoms with Crippen LogP contribution in [-0.4, -0.2) is 28.8 Å². The Labute approximate surface area is 131 Å². The van der Waals surface area contributed by atoms with E-state index in [-0.39, 0.29) is 12.2 Å². The first-order chi connectivity index (χ1) is 10.9. The molecule has 0 spiro atoms. The van der Waals surface area contributed by atoms with Gasteiger partial charge in [-0.25, -0.2) is 23.1 Å². The van der Waals surface area contributed by atoms with Crippen LogP contribution < -0.4 is 5.32 Å². The molecule has 2 aromatic rings. The van der Waals surface area contributed by atoms with Crippen molar-refractivity contribution in [3.8, 4) is 0 Å². The average molecular weight is 327 g/mol. The van der Waals surface area contributed by atoms with Crippen molar-refractivity contribution in [1.82, 2.24) is 9.97 Å². The number of aryl methyl sites for hydroxylation is 1. The van der Waals surface area contributed by atoms with Crippen molar-refractivity contribution in [2.45, 2.75) is 19.6 Å². The minimum Gasteiger partial charge on any atom is -0.394 e. The van der Waals surface area contributed by atoms with E-state index in [0.29, 0.717) is 17.3 Å². The molecular weight excluding hydrogens is 311 g/mol. The van der Waals surface area contributed by atoms with Crippen molar-refractivity contribution in [2.75, 3.05) is 19.0 Å². The number of benzene rings is 1. The summed E-state index contributed by atoms with van der Waals surface area (Å²) in [5.41, 5.74) is 0.719. The lowest BCUT2D eigenvalue weighted by Gasteiger charge is -2.18. The van der Waals surface area contributed by atoms with Crippen molar-refractivity contribution in [1.29, 1.82) is 0 Å². The fraction of sp³-hybridized carbons (Fsp3) is 0.333. The zero-order chi connectivity index (χ0) is 17.0. The molecule has 2 N–H and O–H groups in total. The highest BCUT2D eigenvalue weighted by Crippen LogP contribution is 2.22. The molecular formula is C15H16F3N3O2. The highest BCUT2D eigenvalue weighted by atomic mass is 19.2. The summed E-state index contributed by atoms with van der Waals surface area (Å²) in [7, 11) is 1.50. The van der Waals surface area contributed by atoms with Gasteiger partial charge in [-0.1, -0.05) is 0 Å². The van der Waals surface area contributed by atoms with Gasteiger partial charge in [-0.3, -0.25) is 0 Å². The van der Waals surface area contributed by atoms with Crippen LogP contribution in [0.1, 0.15) is 23.1 Å². The summed E-state index contributed by atoms with van der Waals surface area (Å²) in [6, 6.07) is 2.41. The van der Waals surface area contributed by atoms with Gasteiger partial charge in [0.05, 0.1) is 12.6 Å². The molecule has 0 radical (unpaired) electrons. The van der Waals surface area contributed by atoms with Crippen LogP contribution in [0.4, 0.5) is 19.0 Å². The third-order valence-electron chi connectivity index (χ3n) is 3.09. The van der Waals surface area contributed by atoms with Crippen LogP contribution in [0.25, 0.3) is 0 Å². The second-order valence-electron chi connectivity index (χ2n) is 4.92. The molecule has 8 heteroatoms. The average Bonchev–Trinajstić information content (AvgIpc) is 2.49. The van der Waals surface area contributed by atoms with Crippen LogP contribution in [0, 0.1) is 24.4 Å². The first-order valence-corrected chi connectivity index (χ1v) is 6.80. The summed E-state index contributed by atoms with van der Waals surface area (Å²) >= 11 is 0. The Morgan fingerprint density at radius 3 is 2.39 bits per heavy atom. The van der Waals surface area contributed by atoms with Gasteiger partial charge in [0.2, 0.25) is 0 Å². The normalized spacial score (nSPS) is 12.3. The lowest BCUT2D eigenvalue weighted by Crippen LogP contribution is -2.17. The smallest absolute Gasteiger partial charge is 0.194 e. The van der Waals surface area contributed by atoms with Gasteiger partial charge >= 0.3 is 0 Å². The summed E-state index contributed by atoms with van der Waals surface area (Å²) in [4.78, 5) is 8.34. The number of ether oxygens (including phenoxy) is 1. The van der Waals surface area contributed by atoms with E-state index in [4.69, 9.17) is 4.74 Å². The number of aliphatic hydroxyl groups excluding tert-OH is 1. The van der Waals surface area contributed by atoms with Crippen LogP contribution >= 0.6 is 0 Å². The van der Waals surface area contributed by atoms with E-state index in [0.717, 1.165) is 12.1 Å². The fourth-order valence-corrected chi connectivity index (χ4v) is 2.09. The summed E-state index contributed by atoms with van der Waals surface area (Å²) in [6.45, 7) is 1.48. The van der Waals surface area contributed by atoms with Crippen molar-refractivity contribution in [3.63, 3.8) is 0 Å². The lowest BCUT2D eigenvalue weighted by molar-refractivity contribution is 0.177. The molecule has 5 nitrogen and oxygen atoms in total. The van der Waals surface area contributed by atoms with Gasteiger partial charge in [-0.05, 0) is 24.6 Å². The number of aliphatic hydroxyl groups is 1. The molecule has 1 heterocycles. The molecule has 1 aromatic heterocycles. The summed E-state index contributed by atoms with van der Waals surface area (Å²) in [6.07, 6.45) is 0. The maximum absolute atomic E-state index is 13.3. The van der Waals surface area contributed by atoms with E-state index < -0.39 is 30.1 Å². The van der Waals surface area contributed by atoms with Gasteiger partial charge in [0.15, 0.2) is 23.3 Å². The van der Waals surface area contributed by atoms with E-state index in [1.807, 2.05) is 0 Å². The number of anilines is 1. The first-order valence-electron chi connectivity index (χ1n) is 6.80. The summed E-state index contributed by atoms with van der Waals surface area (Å²) < 4.78 is 44.7. The predicted octanol–water partition coefficient (Wildman–Crippen LogP) is 2.49. The number of hydrogen-bond acceptors (Lipinski definition) is 5. The first kappa shape index (κ1) is 17.2. The van der Waals surface area contributed by atoms with Crippen LogP contribution in [0.3, 0.4) is 0 Å². The SMILES string of the molecule is COCc1nc(C)cc(NC(CO)c2cc(F)c(F)c(F)c2)n1. The zero-order valence-electron chi connectivity index (χ0n) is 12.6. The van der Waals surface area contributed by atoms with E-state index >= 15 is 0 Å². The van der Waals surface area contributed by atoms with Crippen molar-refractivity contribution in [3.05, 3.63) is 52.7 Å². The Morgan fingerprint density at radius 1 is 1.17 bits per heavy atom. The third kappa shape index (κ3) is 4.17. The number of aromatic nitrogens is 2. The molecule has 1 aromatic carbocycles. The third-order valence-corrected chi connectivity index (χ3v) is 3.09. The van der Waals surface area contributed by atoms with E-state index in [2.05, 4.69) is 15.3 Å². The maximum Gasteiger partial charge on any atom is 0.194 e. The van der Waals surface area contributed by atoms with Crippen molar-refractivity contribution >= 4 is 5.82 Å². The number of halogens is 3. The van der Waals surface area contributed by atoms with Gasteiger partial charge in [-0.2, -0.15) is 0 Å². The molecule has 0 saturated carbocycles. The fourth-order valence-electron chi connectivity index (χ4n) is 2.09. The minimum atomic E-state index is -1.55. The standard InChI is InChI=1S/C15H16F3N3O2/c1-8-3-13(21-14(19-8)7-23-2)20-12(6-22)9-4-10(16)15(18)11(17)5-9/h3-5,12,22H,6-7H2,1-2H3,(H,19,20,21). The molecule has 0 bridgehead atoms. The minimum absolute atomic E-state index is 0.0634. The molecule has 23 heavy (non-hydrogen) atoms. The number of nitrogens with one attached hydrogen (secondary N) is 1. The Balaban J connectivity index is 2.29. The molecule has 0 saturated heterocycles. The number of methoxy groups -OCH3 is 1. The Hall–Kier alpha value is -2.19. The van der Waals surface area contributed by atoms with E-state index in [1.54, 1.807) is 13.0 Å². The van der Waals surface area contributed by atoms with Gasteiger partial charge in [0.1, 0.15) is 12.4 Å². The van der Waals surface area contributed by atoms with Crippen LogP contribution in [0.2, 0.25) is 0 Å². The van der Waals surface area contributed by atoms with E-state index in [1.165, 1.54) is 7.11 Å². The number of rotatable bonds is 6. The van der Waals surface area contributed by atoms with Crippen molar-refractivity contribution < 1.29 is 23.0 Å². The molecule has 0 aliphatic carbocycles. The van der Waals surface area contributed by atoms with Crippen LogP contribution in [0.15, 0.2) is 18.2 Å². The Bertz CT molecular complexity index is 675. The van der Waals surface area contributed by atoms with Gasteiger partial charge in [0, 0.05) is 18.9 Å². The Morgan fingerprint density at radius 2 is 1.83 bits per heavy atom. The molecule has 2 rings (SSSR count). The maximum atomic E-state index is 13.3.